The van der Waals surface area contributed by atoms with Crippen molar-refractivity contribution in [3.05, 3.63) is 23.0 Å². The maximum absolute atomic E-state index is 12.4. The Labute approximate surface area is 119 Å². The van der Waals surface area contributed by atoms with Gasteiger partial charge >= 0.3 is 0 Å². The van der Waals surface area contributed by atoms with E-state index in [0.29, 0.717) is 18.0 Å². The summed E-state index contributed by atoms with van der Waals surface area (Å²) in [7, 11) is 1.85. The number of nitrogens with one attached hydrogen (secondary N) is 1. The van der Waals surface area contributed by atoms with Gasteiger partial charge in [-0.05, 0) is 32.3 Å². The van der Waals surface area contributed by atoms with Gasteiger partial charge in [0.25, 0.3) is 5.91 Å². The summed E-state index contributed by atoms with van der Waals surface area (Å²) in [5.74, 6) is 0.534. The molecule has 0 aliphatic rings. The predicted molar refractivity (Wildman–Crippen MR) is 79.8 cm³/mol. The first-order chi connectivity index (χ1) is 9.40. The summed E-state index contributed by atoms with van der Waals surface area (Å²) in [6.45, 7) is 8.79. The van der Waals surface area contributed by atoms with Crippen LogP contribution in [-0.4, -0.2) is 27.2 Å². The number of pyridine rings is 1. The topological polar surface area (TPSA) is 59.8 Å². The van der Waals surface area contributed by atoms with E-state index in [2.05, 4.69) is 29.2 Å². The molecule has 0 fully saturated rings. The van der Waals surface area contributed by atoms with E-state index in [9.17, 15) is 4.79 Å². The molecule has 0 aromatic carbocycles. The van der Waals surface area contributed by atoms with Gasteiger partial charge in [0.2, 0.25) is 0 Å². The molecule has 0 saturated heterocycles. The molecular formula is C15H22N4O. The number of nitrogens with zero attached hydrogens (tertiary/aromatic N) is 3. The summed E-state index contributed by atoms with van der Waals surface area (Å²) < 4.78 is 1.72. The van der Waals surface area contributed by atoms with E-state index in [-0.39, 0.29) is 5.91 Å². The van der Waals surface area contributed by atoms with Crippen LogP contribution in [0.3, 0.4) is 0 Å². The number of amides is 1. The fourth-order valence-corrected chi connectivity index (χ4v) is 2.32. The van der Waals surface area contributed by atoms with Crippen molar-refractivity contribution in [2.45, 2.75) is 34.1 Å². The van der Waals surface area contributed by atoms with Crippen molar-refractivity contribution in [1.82, 2.24) is 20.1 Å². The second kappa shape index (κ2) is 5.61. The lowest BCUT2D eigenvalue weighted by atomic mass is 10.1. The van der Waals surface area contributed by atoms with E-state index in [1.165, 1.54) is 0 Å². The molecule has 20 heavy (non-hydrogen) atoms. The Morgan fingerprint density at radius 3 is 2.75 bits per heavy atom. The Hall–Kier alpha value is -1.91. The van der Waals surface area contributed by atoms with Crippen LogP contribution in [0.2, 0.25) is 0 Å². The molecule has 0 unspecified atom stereocenters. The highest BCUT2D eigenvalue weighted by molar-refractivity contribution is 6.06. The van der Waals surface area contributed by atoms with Crippen LogP contribution in [0.5, 0.6) is 0 Å². The summed E-state index contributed by atoms with van der Waals surface area (Å²) in [6.07, 6.45) is 0.977. The summed E-state index contributed by atoms with van der Waals surface area (Å²) >= 11 is 0. The molecule has 2 heterocycles. The average molecular weight is 274 g/mol. The van der Waals surface area contributed by atoms with Crippen LogP contribution in [0.15, 0.2) is 6.07 Å². The molecule has 0 atom stereocenters. The fourth-order valence-electron chi connectivity index (χ4n) is 2.32. The second-order valence-electron chi connectivity index (χ2n) is 5.66. The quantitative estimate of drug-likeness (QED) is 0.931. The van der Waals surface area contributed by atoms with Gasteiger partial charge in [-0.3, -0.25) is 9.48 Å². The molecule has 5 nitrogen and oxygen atoms in total. The molecule has 5 heteroatoms. The van der Waals surface area contributed by atoms with Gasteiger partial charge in [-0.15, -0.1) is 0 Å². The van der Waals surface area contributed by atoms with Crippen molar-refractivity contribution in [2.75, 3.05) is 6.54 Å². The molecule has 1 amide bonds. The molecule has 0 spiro atoms. The molecule has 1 N–H and O–H groups in total. The van der Waals surface area contributed by atoms with E-state index in [1.807, 2.05) is 27.0 Å². The number of rotatable bonds is 4. The number of hydrogen-bond donors (Lipinski definition) is 1. The van der Waals surface area contributed by atoms with Crippen molar-refractivity contribution in [1.29, 1.82) is 0 Å². The van der Waals surface area contributed by atoms with Crippen LogP contribution in [0, 0.1) is 19.8 Å². The van der Waals surface area contributed by atoms with Crippen molar-refractivity contribution in [3.63, 3.8) is 0 Å². The standard InChI is InChI=1S/C15H22N4O/c1-9(2)6-7-16-15(20)12-8-10(3)17-14-13(12)11(4)18-19(14)5/h8-9H,6-7H2,1-5H3,(H,16,20). The van der Waals surface area contributed by atoms with Crippen LogP contribution in [0.4, 0.5) is 0 Å². The summed E-state index contributed by atoms with van der Waals surface area (Å²) in [5, 5.41) is 8.19. The number of carbonyl (C=O) groups excluding carboxylic acids is 1. The number of carbonyl (C=O) groups is 1. The lowest BCUT2D eigenvalue weighted by Crippen LogP contribution is -2.25. The molecule has 108 valence electrons. The van der Waals surface area contributed by atoms with Gasteiger partial charge in [0.1, 0.15) is 0 Å². The predicted octanol–water partition coefficient (Wildman–Crippen LogP) is 2.36. The van der Waals surface area contributed by atoms with Crippen molar-refractivity contribution in [3.8, 4) is 0 Å². The Morgan fingerprint density at radius 2 is 2.10 bits per heavy atom. The third-order valence-electron chi connectivity index (χ3n) is 3.35. The zero-order valence-electron chi connectivity index (χ0n) is 12.8. The highest BCUT2D eigenvalue weighted by Gasteiger charge is 2.17. The van der Waals surface area contributed by atoms with Crippen LogP contribution in [0.25, 0.3) is 11.0 Å². The Kier molecular flexibility index (Phi) is 4.06. The van der Waals surface area contributed by atoms with E-state index in [1.54, 1.807) is 4.68 Å². The highest BCUT2D eigenvalue weighted by Crippen LogP contribution is 2.21. The smallest absolute Gasteiger partial charge is 0.252 e. The van der Waals surface area contributed by atoms with E-state index < -0.39 is 0 Å². The minimum Gasteiger partial charge on any atom is -0.352 e. The first-order valence-electron chi connectivity index (χ1n) is 6.99. The number of hydrogen-bond acceptors (Lipinski definition) is 3. The fraction of sp³-hybridized carbons (Fsp3) is 0.533. The molecule has 2 aromatic heterocycles. The number of aryl methyl sites for hydroxylation is 3. The Balaban J connectivity index is 2.35. The van der Waals surface area contributed by atoms with Gasteiger partial charge in [-0.2, -0.15) is 5.10 Å². The Bertz CT molecular complexity index is 643. The maximum Gasteiger partial charge on any atom is 0.252 e. The maximum atomic E-state index is 12.4. The molecule has 0 aliphatic heterocycles. The summed E-state index contributed by atoms with van der Waals surface area (Å²) in [5.41, 5.74) is 3.09. The average Bonchev–Trinajstić information content (AvgIpc) is 2.63. The third-order valence-corrected chi connectivity index (χ3v) is 3.35. The molecule has 0 bridgehead atoms. The van der Waals surface area contributed by atoms with Gasteiger partial charge in [0.05, 0.1) is 16.6 Å². The number of fused-ring (bicyclic) bond motifs is 1. The van der Waals surface area contributed by atoms with Gasteiger partial charge in [-0.25, -0.2) is 4.98 Å². The van der Waals surface area contributed by atoms with E-state index in [4.69, 9.17) is 0 Å². The van der Waals surface area contributed by atoms with Crippen molar-refractivity contribution >= 4 is 16.9 Å². The van der Waals surface area contributed by atoms with Crippen LogP contribution in [-0.2, 0) is 7.05 Å². The molecular weight excluding hydrogens is 252 g/mol. The number of aromatic nitrogens is 3. The van der Waals surface area contributed by atoms with Crippen molar-refractivity contribution < 1.29 is 4.79 Å². The zero-order chi connectivity index (χ0) is 14.9. The lowest BCUT2D eigenvalue weighted by Gasteiger charge is -2.09. The van der Waals surface area contributed by atoms with E-state index in [0.717, 1.165) is 28.8 Å². The monoisotopic (exact) mass is 274 g/mol. The van der Waals surface area contributed by atoms with Gasteiger partial charge < -0.3 is 5.32 Å². The van der Waals surface area contributed by atoms with Crippen LogP contribution in [0.1, 0.15) is 42.0 Å². The summed E-state index contributed by atoms with van der Waals surface area (Å²) in [4.78, 5) is 16.8. The molecule has 2 aromatic rings. The SMILES string of the molecule is Cc1cc(C(=O)NCCC(C)C)c2c(C)nn(C)c2n1. The minimum absolute atomic E-state index is 0.0442. The second-order valence-corrected chi connectivity index (χ2v) is 5.66. The summed E-state index contributed by atoms with van der Waals surface area (Å²) in [6, 6.07) is 1.84. The van der Waals surface area contributed by atoms with Gasteiger partial charge in [0.15, 0.2) is 5.65 Å². The molecule has 0 saturated carbocycles. The highest BCUT2D eigenvalue weighted by atomic mass is 16.1. The van der Waals surface area contributed by atoms with Crippen LogP contribution < -0.4 is 5.32 Å². The Morgan fingerprint density at radius 1 is 1.40 bits per heavy atom. The molecule has 0 aliphatic carbocycles. The first-order valence-corrected chi connectivity index (χ1v) is 6.99. The minimum atomic E-state index is -0.0442. The molecule has 2 rings (SSSR count). The normalized spacial score (nSPS) is 11.3. The molecule has 0 radical (unpaired) electrons. The zero-order valence-corrected chi connectivity index (χ0v) is 12.8. The first kappa shape index (κ1) is 14.5. The van der Waals surface area contributed by atoms with Gasteiger partial charge in [0, 0.05) is 19.3 Å². The van der Waals surface area contributed by atoms with Gasteiger partial charge in [-0.1, -0.05) is 13.8 Å². The largest absolute Gasteiger partial charge is 0.352 e. The van der Waals surface area contributed by atoms with Crippen molar-refractivity contribution in [2.24, 2.45) is 13.0 Å². The third kappa shape index (κ3) is 2.81. The van der Waals surface area contributed by atoms with E-state index >= 15 is 0 Å². The lowest BCUT2D eigenvalue weighted by molar-refractivity contribution is 0.0953. The van der Waals surface area contributed by atoms with Crippen LogP contribution >= 0.6 is 0 Å².